The van der Waals surface area contributed by atoms with E-state index in [0.717, 1.165) is 17.4 Å². The Kier molecular flexibility index (Phi) is 4.99. The Morgan fingerprint density at radius 3 is 2.93 bits per heavy atom. The Balaban J connectivity index is 2.97. The van der Waals surface area contributed by atoms with Crippen molar-refractivity contribution in [1.82, 2.24) is 5.32 Å². The molecule has 3 heteroatoms. The lowest BCUT2D eigenvalue weighted by Crippen LogP contribution is -2.21. The number of nitrogens with one attached hydrogen (secondary N) is 1. The molecule has 0 aliphatic heterocycles. The van der Waals surface area contributed by atoms with Gasteiger partial charge in [-0.05, 0) is 31.2 Å². The highest BCUT2D eigenvalue weighted by Gasteiger charge is 2.13. The fourth-order valence-corrected chi connectivity index (χ4v) is 1.89. The summed E-state index contributed by atoms with van der Waals surface area (Å²) in [7, 11) is 0. The van der Waals surface area contributed by atoms with Gasteiger partial charge in [0.25, 0.3) is 0 Å². The molecule has 0 aliphatic carbocycles. The molecule has 1 rings (SSSR count). The second-order valence-electron chi connectivity index (χ2n) is 3.30. The second kappa shape index (κ2) is 6.03. The van der Waals surface area contributed by atoms with Crippen molar-refractivity contribution >= 4 is 15.9 Å². The average Bonchev–Trinajstić information content (AvgIpc) is 2.21. The van der Waals surface area contributed by atoms with Crippen LogP contribution in [0.1, 0.15) is 24.9 Å². The van der Waals surface area contributed by atoms with E-state index >= 15 is 0 Å². The summed E-state index contributed by atoms with van der Waals surface area (Å²) >= 11 is 3.35. The minimum absolute atomic E-state index is 0.00463. The van der Waals surface area contributed by atoms with Crippen molar-refractivity contribution in [3.63, 3.8) is 0 Å². The van der Waals surface area contributed by atoms with Crippen LogP contribution < -0.4 is 5.32 Å². The van der Waals surface area contributed by atoms with Crippen molar-refractivity contribution in [1.29, 1.82) is 0 Å². The van der Waals surface area contributed by atoms with Crippen LogP contribution in [0.4, 0.5) is 4.39 Å². The van der Waals surface area contributed by atoms with Crippen molar-refractivity contribution in [3.05, 3.63) is 46.7 Å². The van der Waals surface area contributed by atoms with Gasteiger partial charge in [-0.1, -0.05) is 28.9 Å². The van der Waals surface area contributed by atoms with Gasteiger partial charge in [0.15, 0.2) is 0 Å². The van der Waals surface area contributed by atoms with Crippen LogP contribution in [0.3, 0.4) is 0 Å². The molecule has 0 heterocycles. The molecule has 1 atom stereocenters. The summed E-state index contributed by atoms with van der Waals surface area (Å²) in [5.41, 5.74) is 0.686. The third kappa shape index (κ3) is 3.43. The van der Waals surface area contributed by atoms with Gasteiger partial charge in [0.2, 0.25) is 0 Å². The first kappa shape index (κ1) is 12.4. The molecule has 0 saturated heterocycles. The van der Waals surface area contributed by atoms with Gasteiger partial charge in [-0.25, -0.2) is 4.39 Å². The molecule has 1 aromatic carbocycles. The zero-order chi connectivity index (χ0) is 11.3. The summed E-state index contributed by atoms with van der Waals surface area (Å²) in [5.74, 6) is -0.175. The first-order chi connectivity index (χ1) is 7.19. The summed E-state index contributed by atoms with van der Waals surface area (Å²) in [6, 6.07) is 5.00. The Labute approximate surface area is 98.5 Å². The second-order valence-corrected chi connectivity index (χ2v) is 4.22. The van der Waals surface area contributed by atoms with Gasteiger partial charge in [-0.15, -0.1) is 6.58 Å². The summed E-state index contributed by atoms with van der Waals surface area (Å²) in [5, 5.41) is 3.24. The van der Waals surface area contributed by atoms with Crippen LogP contribution in [0.5, 0.6) is 0 Å². The van der Waals surface area contributed by atoms with E-state index in [2.05, 4.69) is 27.8 Å². The maximum Gasteiger partial charge on any atom is 0.128 e. The summed E-state index contributed by atoms with van der Waals surface area (Å²) in [6.45, 7) is 6.50. The Hall–Kier alpha value is -0.670. The molecule has 0 bridgehead atoms. The predicted octanol–water partition coefficient (Wildman–Crippen LogP) is 3.81. The Morgan fingerprint density at radius 1 is 1.60 bits per heavy atom. The van der Waals surface area contributed by atoms with Gasteiger partial charge in [0.05, 0.1) is 0 Å². The first-order valence-electron chi connectivity index (χ1n) is 4.98. The molecule has 0 aliphatic rings. The zero-order valence-corrected chi connectivity index (χ0v) is 10.3. The molecule has 0 amide bonds. The number of benzene rings is 1. The van der Waals surface area contributed by atoms with Gasteiger partial charge in [-0.3, -0.25) is 0 Å². The quantitative estimate of drug-likeness (QED) is 0.803. The van der Waals surface area contributed by atoms with E-state index in [1.165, 1.54) is 6.07 Å². The maximum absolute atomic E-state index is 13.6. The van der Waals surface area contributed by atoms with Crippen LogP contribution in [-0.2, 0) is 0 Å². The number of halogens is 2. The van der Waals surface area contributed by atoms with E-state index < -0.39 is 0 Å². The van der Waals surface area contributed by atoms with E-state index in [4.69, 9.17) is 0 Å². The number of rotatable bonds is 5. The third-order valence-electron chi connectivity index (χ3n) is 2.19. The lowest BCUT2D eigenvalue weighted by molar-refractivity contribution is 0.516. The van der Waals surface area contributed by atoms with Gasteiger partial charge in [0, 0.05) is 16.1 Å². The van der Waals surface area contributed by atoms with Crippen molar-refractivity contribution in [2.24, 2.45) is 0 Å². The summed E-state index contributed by atoms with van der Waals surface area (Å²) in [4.78, 5) is 0. The minimum atomic E-state index is -0.175. The van der Waals surface area contributed by atoms with Crippen LogP contribution in [0.15, 0.2) is 35.3 Å². The highest BCUT2D eigenvalue weighted by Crippen LogP contribution is 2.24. The third-order valence-corrected chi connectivity index (χ3v) is 2.68. The van der Waals surface area contributed by atoms with E-state index in [0.29, 0.717) is 5.56 Å². The predicted molar refractivity (Wildman–Crippen MR) is 65.3 cm³/mol. The maximum atomic E-state index is 13.6. The first-order valence-corrected chi connectivity index (χ1v) is 5.77. The van der Waals surface area contributed by atoms with Gasteiger partial charge in [-0.2, -0.15) is 0 Å². The molecule has 0 saturated carbocycles. The monoisotopic (exact) mass is 271 g/mol. The summed E-state index contributed by atoms with van der Waals surface area (Å²) in [6.07, 6.45) is 2.52. The lowest BCUT2D eigenvalue weighted by Gasteiger charge is -2.17. The van der Waals surface area contributed by atoms with Crippen molar-refractivity contribution < 1.29 is 4.39 Å². The molecule has 1 unspecified atom stereocenters. The van der Waals surface area contributed by atoms with E-state index in [-0.39, 0.29) is 11.9 Å². The van der Waals surface area contributed by atoms with Crippen molar-refractivity contribution in [3.8, 4) is 0 Å². The Morgan fingerprint density at radius 2 is 2.33 bits per heavy atom. The minimum Gasteiger partial charge on any atom is -0.310 e. The topological polar surface area (TPSA) is 12.0 Å². The largest absolute Gasteiger partial charge is 0.310 e. The van der Waals surface area contributed by atoms with Crippen LogP contribution in [0, 0.1) is 5.82 Å². The average molecular weight is 272 g/mol. The van der Waals surface area contributed by atoms with Crippen LogP contribution >= 0.6 is 15.9 Å². The number of hydrogen-bond acceptors (Lipinski definition) is 1. The molecule has 0 aromatic heterocycles. The molecule has 0 radical (unpaired) electrons. The molecule has 1 aromatic rings. The van der Waals surface area contributed by atoms with E-state index in [9.17, 15) is 4.39 Å². The number of hydrogen-bond donors (Lipinski definition) is 1. The van der Waals surface area contributed by atoms with Gasteiger partial charge in [0.1, 0.15) is 5.82 Å². The molecule has 1 N–H and O–H groups in total. The van der Waals surface area contributed by atoms with E-state index in [1.54, 1.807) is 12.1 Å². The van der Waals surface area contributed by atoms with Crippen LogP contribution in [-0.4, -0.2) is 6.54 Å². The molecule has 0 spiro atoms. The normalized spacial score (nSPS) is 12.5. The molecular formula is C12H15BrFN. The zero-order valence-electron chi connectivity index (χ0n) is 8.76. The molecule has 15 heavy (non-hydrogen) atoms. The summed E-state index contributed by atoms with van der Waals surface area (Å²) < 4.78 is 14.5. The van der Waals surface area contributed by atoms with Crippen molar-refractivity contribution in [2.75, 3.05) is 6.54 Å². The fourth-order valence-electron chi connectivity index (χ4n) is 1.51. The lowest BCUT2D eigenvalue weighted by atomic mass is 10.0. The highest BCUT2D eigenvalue weighted by atomic mass is 79.9. The molecule has 82 valence electrons. The molecule has 1 nitrogen and oxygen atoms in total. The van der Waals surface area contributed by atoms with Crippen LogP contribution in [0.25, 0.3) is 0 Å². The Bertz CT molecular complexity index is 338. The molecule has 0 fully saturated rings. The van der Waals surface area contributed by atoms with Gasteiger partial charge >= 0.3 is 0 Å². The fraction of sp³-hybridized carbons (Fsp3) is 0.333. The van der Waals surface area contributed by atoms with E-state index in [1.807, 2.05) is 13.0 Å². The van der Waals surface area contributed by atoms with Crippen molar-refractivity contribution in [2.45, 2.75) is 19.4 Å². The standard InChI is InChI=1S/C12H15BrFN/c1-3-5-12(15-4-2)10-8-9(13)6-7-11(10)14/h3,6-8,12,15H,1,4-5H2,2H3. The van der Waals surface area contributed by atoms with Crippen LogP contribution in [0.2, 0.25) is 0 Å². The SMILES string of the molecule is C=CCC(NCC)c1cc(Br)ccc1F. The highest BCUT2D eigenvalue weighted by molar-refractivity contribution is 9.10. The molecular weight excluding hydrogens is 257 g/mol. The smallest absolute Gasteiger partial charge is 0.128 e. The van der Waals surface area contributed by atoms with Gasteiger partial charge < -0.3 is 5.32 Å².